The summed E-state index contributed by atoms with van der Waals surface area (Å²) in [5.41, 5.74) is -0.646. The molecular formula is C20H13F3OSe2. The maximum atomic E-state index is 14.1. The van der Waals surface area contributed by atoms with Crippen molar-refractivity contribution in [2.24, 2.45) is 0 Å². The van der Waals surface area contributed by atoms with Gasteiger partial charge in [-0.1, -0.05) is 0 Å². The number of benzene rings is 3. The van der Waals surface area contributed by atoms with Crippen molar-refractivity contribution in [1.82, 2.24) is 0 Å². The number of Topliss-reactive ketones (excluding diaryl/α,β-unsaturated/α-hetero) is 1. The van der Waals surface area contributed by atoms with Crippen molar-refractivity contribution in [3.05, 3.63) is 95.8 Å². The van der Waals surface area contributed by atoms with Crippen LogP contribution in [0.15, 0.2) is 72.8 Å². The summed E-state index contributed by atoms with van der Waals surface area (Å²) >= 11 is -0.608. The third-order valence-corrected chi connectivity index (χ3v) is 9.62. The first-order valence-electron chi connectivity index (χ1n) is 7.67. The van der Waals surface area contributed by atoms with Gasteiger partial charge in [0.25, 0.3) is 0 Å². The van der Waals surface area contributed by atoms with Crippen LogP contribution in [0, 0.1) is 17.5 Å². The number of rotatable bonds is 6. The average Bonchev–Trinajstić information content (AvgIpc) is 2.62. The third-order valence-electron chi connectivity index (χ3n) is 3.44. The van der Waals surface area contributed by atoms with E-state index in [-0.39, 0.29) is 29.9 Å². The Morgan fingerprint density at radius 2 is 1.15 bits per heavy atom. The zero-order valence-electron chi connectivity index (χ0n) is 13.4. The molecule has 0 spiro atoms. The van der Waals surface area contributed by atoms with Gasteiger partial charge in [0.05, 0.1) is 0 Å². The van der Waals surface area contributed by atoms with Gasteiger partial charge in [-0.25, -0.2) is 0 Å². The predicted molar refractivity (Wildman–Crippen MR) is 98.1 cm³/mol. The van der Waals surface area contributed by atoms with Gasteiger partial charge in [0.2, 0.25) is 0 Å². The van der Waals surface area contributed by atoms with E-state index < -0.39 is 32.5 Å². The van der Waals surface area contributed by atoms with Gasteiger partial charge in [0.1, 0.15) is 0 Å². The molecule has 3 aromatic rings. The van der Waals surface area contributed by atoms with Crippen LogP contribution >= 0.6 is 0 Å². The Morgan fingerprint density at radius 3 is 1.58 bits per heavy atom. The molecule has 0 saturated carbocycles. The number of carbonyl (C=O) groups is 1. The molecule has 0 amide bonds. The van der Waals surface area contributed by atoms with E-state index in [2.05, 4.69) is 0 Å². The van der Waals surface area contributed by atoms with Gasteiger partial charge in [0.15, 0.2) is 0 Å². The van der Waals surface area contributed by atoms with Gasteiger partial charge in [-0.3, -0.25) is 0 Å². The van der Waals surface area contributed by atoms with Gasteiger partial charge in [-0.05, 0) is 0 Å². The molecule has 0 aliphatic rings. The van der Waals surface area contributed by atoms with Gasteiger partial charge in [0, 0.05) is 0 Å². The Bertz CT molecular complexity index is 837. The molecule has 1 nitrogen and oxygen atoms in total. The summed E-state index contributed by atoms with van der Waals surface area (Å²) in [5, 5.41) is 0. The molecule has 3 rings (SSSR count). The second kappa shape index (κ2) is 8.70. The zero-order valence-corrected chi connectivity index (χ0v) is 16.8. The molecule has 0 saturated heterocycles. The predicted octanol–water partition coefficient (Wildman–Crippen LogP) is 3.09. The van der Waals surface area contributed by atoms with E-state index in [9.17, 15) is 18.0 Å². The standard InChI is InChI=1S/C20H13F3OSe2/c21-13-11-16(22)18(17(23)12-13)19(24)20(25-14-7-3-1-4-8-14)26-15-9-5-2-6-10-15/h1-12,20H. The van der Waals surface area contributed by atoms with Crippen molar-refractivity contribution in [2.75, 3.05) is 0 Å². The summed E-state index contributed by atoms with van der Waals surface area (Å²) in [7, 11) is 0. The average molecular weight is 484 g/mol. The van der Waals surface area contributed by atoms with Crippen LogP contribution in [0.5, 0.6) is 0 Å². The zero-order chi connectivity index (χ0) is 18.5. The van der Waals surface area contributed by atoms with E-state index in [0.717, 1.165) is 8.92 Å². The van der Waals surface area contributed by atoms with E-state index in [4.69, 9.17) is 0 Å². The van der Waals surface area contributed by atoms with Crippen LogP contribution in [0.4, 0.5) is 13.2 Å². The second-order valence-corrected chi connectivity index (χ2v) is 11.8. The van der Waals surface area contributed by atoms with Crippen molar-refractivity contribution in [1.29, 1.82) is 0 Å². The molecule has 3 aromatic carbocycles. The molecule has 0 unspecified atom stereocenters. The maximum absolute atomic E-state index is 14.1. The summed E-state index contributed by atoms with van der Waals surface area (Å²) in [6, 6.07) is 19.9. The van der Waals surface area contributed by atoms with Crippen LogP contribution in [0.1, 0.15) is 10.4 Å². The molecule has 0 aliphatic heterocycles. The third kappa shape index (κ3) is 4.66. The van der Waals surface area contributed by atoms with Gasteiger partial charge >= 0.3 is 162 Å². The molecule has 0 atom stereocenters. The Morgan fingerprint density at radius 1 is 0.731 bits per heavy atom. The van der Waals surface area contributed by atoms with Crippen molar-refractivity contribution in [2.45, 2.75) is 3.71 Å². The van der Waals surface area contributed by atoms with Crippen LogP contribution in [0.2, 0.25) is 3.71 Å². The molecule has 0 aliphatic carbocycles. The number of ketones is 1. The van der Waals surface area contributed by atoms with Gasteiger partial charge in [-0.2, -0.15) is 0 Å². The number of carbonyl (C=O) groups excluding carboxylic acids is 1. The number of hydrogen-bond donors (Lipinski definition) is 0. The molecule has 0 bridgehead atoms. The van der Waals surface area contributed by atoms with E-state index in [1.165, 1.54) is 0 Å². The van der Waals surface area contributed by atoms with E-state index in [0.29, 0.717) is 12.1 Å². The van der Waals surface area contributed by atoms with Crippen molar-refractivity contribution >= 4 is 44.6 Å². The van der Waals surface area contributed by atoms with Crippen LogP contribution in [-0.4, -0.2) is 35.7 Å². The Hall–Kier alpha value is -1.84. The van der Waals surface area contributed by atoms with E-state index >= 15 is 0 Å². The van der Waals surface area contributed by atoms with Crippen LogP contribution in [0.25, 0.3) is 0 Å². The fraction of sp³-hybridized carbons (Fsp3) is 0.0500. The summed E-state index contributed by atoms with van der Waals surface area (Å²) in [6.45, 7) is 0. The SMILES string of the molecule is O=C(c1c(F)cc(F)cc1F)C([Se]c1ccccc1)[Se]c1ccccc1. The quantitative estimate of drug-likeness (QED) is 0.389. The fourth-order valence-electron chi connectivity index (χ4n) is 2.27. The molecule has 0 heterocycles. The first kappa shape index (κ1) is 18.9. The summed E-state index contributed by atoms with van der Waals surface area (Å²) in [6.07, 6.45) is 0. The van der Waals surface area contributed by atoms with Gasteiger partial charge in [-0.15, -0.1) is 0 Å². The molecule has 132 valence electrons. The second-order valence-electron chi connectivity index (χ2n) is 5.30. The normalized spacial score (nSPS) is 10.9. The molecule has 0 aromatic heterocycles. The minimum atomic E-state index is -1.15. The minimum absolute atomic E-state index is 0.304. The van der Waals surface area contributed by atoms with Crippen LogP contribution in [-0.2, 0) is 0 Å². The summed E-state index contributed by atoms with van der Waals surface area (Å²) < 4.78 is 42.8. The molecule has 6 heteroatoms. The van der Waals surface area contributed by atoms with Crippen molar-refractivity contribution in [3.63, 3.8) is 0 Å². The molecule has 0 radical (unpaired) electrons. The van der Waals surface area contributed by atoms with Crippen LogP contribution in [0.3, 0.4) is 0 Å². The van der Waals surface area contributed by atoms with Crippen molar-refractivity contribution in [3.8, 4) is 0 Å². The molecular weight excluding hydrogens is 471 g/mol. The van der Waals surface area contributed by atoms with Gasteiger partial charge < -0.3 is 0 Å². The van der Waals surface area contributed by atoms with Crippen LogP contribution < -0.4 is 8.92 Å². The summed E-state index contributed by atoms with van der Waals surface area (Å²) in [5.74, 6) is -3.93. The first-order valence-corrected chi connectivity index (χ1v) is 11.4. The van der Waals surface area contributed by atoms with E-state index in [1.54, 1.807) is 0 Å². The Balaban J connectivity index is 1.95. The topological polar surface area (TPSA) is 17.1 Å². The first-order chi connectivity index (χ1) is 12.5. The molecule has 26 heavy (non-hydrogen) atoms. The molecule has 0 fully saturated rings. The fourth-order valence-corrected chi connectivity index (χ4v) is 8.62. The number of halogens is 3. The Kier molecular flexibility index (Phi) is 6.33. The van der Waals surface area contributed by atoms with E-state index in [1.807, 2.05) is 60.7 Å². The number of hydrogen-bond acceptors (Lipinski definition) is 1. The summed E-state index contributed by atoms with van der Waals surface area (Å²) in [4.78, 5) is 12.9. The Labute approximate surface area is 161 Å². The molecule has 0 N–H and O–H groups in total. The monoisotopic (exact) mass is 486 g/mol. The van der Waals surface area contributed by atoms with Crippen molar-refractivity contribution < 1.29 is 18.0 Å².